The van der Waals surface area contributed by atoms with Crippen molar-refractivity contribution in [2.45, 2.75) is 19.8 Å². The quantitative estimate of drug-likeness (QED) is 0.679. The average molecular weight is 238 g/mol. The van der Waals surface area contributed by atoms with Crippen molar-refractivity contribution < 1.29 is 4.39 Å². The molecule has 0 amide bonds. The second-order valence-electron chi connectivity index (χ2n) is 4.41. The fourth-order valence-electron chi connectivity index (χ4n) is 1.84. The first-order chi connectivity index (χ1) is 8.26. The van der Waals surface area contributed by atoms with Gasteiger partial charge in [0, 0.05) is 0 Å². The molecule has 0 fully saturated rings. The van der Waals surface area contributed by atoms with Crippen LogP contribution in [-0.2, 0) is 6.42 Å². The van der Waals surface area contributed by atoms with Gasteiger partial charge in [0.15, 0.2) is 0 Å². The van der Waals surface area contributed by atoms with Gasteiger partial charge in [-0.3, -0.25) is 0 Å². The Kier molecular flexibility index (Phi) is 6.82. The molecule has 0 spiro atoms. The third-order valence-electron chi connectivity index (χ3n) is 3.01. The normalized spacial score (nSPS) is 12.6. The highest BCUT2D eigenvalue weighted by Gasteiger charge is 2.03. The van der Waals surface area contributed by atoms with Gasteiger partial charge in [0.1, 0.15) is 5.82 Å². The summed E-state index contributed by atoms with van der Waals surface area (Å²) in [5, 5.41) is 6.65. The molecule has 96 valence electrons. The van der Waals surface area contributed by atoms with Gasteiger partial charge in [0.2, 0.25) is 0 Å². The van der Waals surface area contributed by atoms with Crippen LogP contribution < -0.4 is 10.6 Å². The molecule has 2 N–H and O–H groups in total. The number of hydrogen-bond acceptors (Lipinski definition) is 2. The number of benzene rings is 1. The molecule has 0 bridgehead atoms. The molecule has 3 heteroatoms. The van der Waals surface area contributed by atoms with Gasteiger partial charge in [0.25, 0.3) is 0 Å². The molecule has 1 unspecified atom stereocenters. The number of rotatable bonds is 8. The van der Waals surface area contributed by atoms with Crippen molar-refractivity contribution in [1.29, 1.82) is 0 Å². The minimum absolute atomic E-state index is 0.165. The summed E-state index contributed by atoms with van der Waals surface area (Å²) in [6.07, 6.45) is 2.14. The van der Waals surface area contributed by atoms with E-state index in [4.69, 9.17) is 0 Å². The summed E-state index contributed by atoms with van der Waals surface area (Å²) in [5.74, 6) is 0.523. The molecule has 0 radical (unpaired) electrons. The van der Waals surface area contributed by atoms with E-state index in [0.717, 1.165) is 26.1 Å². The molecule has 1 rings (SSSR count). The van der Waals surface area contributed by atoms with Crippen molar-refractivity contribution in [2.24, 2.45) is 5.92 Å². The van der Waals surface area contributed by atoms with E-state index in [-0.39, 0.29) is 5.82 Å². The fourth-order valence-corrected chi connectivity index (χ4v) is 1.84. The van der Waals surface area contributed by atoms with E-state index in [1.165, 1.54) is 24.1 Å². The number of hydrogen-bond donors (Lipinski definition) is 2. The van der Waals surface area contributed by atoms with Crippen LogP contribution in [-0.4, -0.2) is 26.7 Å². The molecular weight excluding hydrogens is 215 g/mol. The van der Waals surface area contributed by atoms with Gasteiger partial charge in [0.05, 0.1) is 0 Å². The fraction of sp³-hybridized carbons (Fsp3) is 0.571. The Morgan fingerprint density at radius 3 is 2.47 bits per heavy atom. The van der Waals surface area contributed by atoms with Crippen LogP contribution in [0.4, 0.5) is 4.39 Å². The lowest BCUT2D eigenvalue weighted by molar-refractivity contribution is 0.447. The van der Waals surface area contributed by atoms with Crippen LogP contribution in [0.2, 0.25) is 0 Å². The Labute approximate surface area is 104 Å². The number of nitrogens with one attached hydrogen (secondary N) is 2. The van der Waals surface area contributed by atoms with Gasteiger partial charge >= 0.3 is 0 Å². The Morgan fingerprint density at radius 1 is 1.18 bits per heavy atom. The zero-order valence-electron chi connectivity index (χ0n) is 10.8. The van der Waals surface area contributed by atoms with Crippen LogP contribution in [0.15, 0.2) is 24.3 Å². The Bertz CT molecular complexity index is 298. The minimum atomic E-state index is -0.165. The molecule has 1 atom stereocenters. The molecule has 0 aliphatic heterocycles. The van der Waals surface area contributed by atoms with E-state index in [1.54, 1.807) is 0 Å². The highest BCUT2D eigenvalue weighted by molar-refractivity contribution is 5.16. The second-order valence-corrected chi connectivity index (χ2v) is 4.41. The van der Waals surface area contributed by atoms with E-state index in [1.807, 2.05) is 19.2 Å². The predicted molar refractivity (Wildman–Crippen MR) is 70.7 cm³/mol. The van der Waals surface area contributed by atoms with Crippen molar-refractivity contribution in [3.8, 4) is 0 Å². The van der Waals surface area contributed by atoms with Crippen LogP contribution in [0.25, 0.3) is 0 Å². The standard InChI is InChI=1S/C14H23FN2/c1-3-12(10-16-2)11-17-9-8-13-4-6-14(15)7-5-13/h4-7,12,16-17H,3,8-11H2,1-2H3. The van der Waals surface area contributed by atoms with Crippen LogP contribution >= 0.6 is 0 Å². The maximum absolute atomic E-state index is 12.7. The molecule has 0 saturated heterocycles. The summed E-state index contributed by atoms with van der Waals surface area (Å²) in [5.41, 5.74) is 1.18. The lowest BCUT2D eigenvalue weighted by Crippen LogP contribution is -2.30. The molecule has 2 nitrogen and oxygen atoms in total. The third-order valence-corrected chi connectivity index (χ3v) is 3.01. The summed E-state index contributed by atoms with van der Waals surface area (Å²) in [4.78, 5) is 0. The first-order valence-electron chi connectivity index (χ1n) is 6.36. The van der Waals surface area contributed by atoms with E-state index in [0.29, 0.717) is 5.92 Å². The molecule has 1 aromatic rings. The number of halogens is 1. The van der Waals surface area contributed by atoms with Gasteiger partial charge in [-0.25, -0.2) is 4.39 Å². The van der Waals surface area contributed by atoms with Crippen molar-refractivity contribution in [2.75, 3.05) is 26.7 Å². The third kappa shape index (κ3) is 5.80. The summed E-state index contributed by atoms with van der Waals surface area (Å²) in [6, 6.07) is 6.74. The molecule has 0 aliphatic carbocycles. The van der Waals surface area contributed by atoms with Crippen molar-refractivity contribution >= 4 is 0 Å². The Morgan fingerprint density at radius 2 is 1.88 bits per heavy atom. The highest BCUT2D eigenvalue weighted by Crippen LogP contribution is 2.03. The SMILES string of the molecule is CCC(CNC)CNCCc1ccc(F)cc1. The van der Waals surface area contributed by atoms with E-state index >= 15 is 0 Å². The van der Waals surface area contributed by atoms with Gasteiger partial charge in [-0.1, -0.05) is 25.5 Å². The highest BCUT2D eigenvalue weighted by atomic mass is 19.1. The molecule has 1 aromatic carbocycles. The van der Waals surface area contributed by atoms with Crippen LogP contribution in [0.1, 0.15) is 18.9 Å². The van der Waals surface area contributed by atoms with E-state index in [2.05, 4.69) is 17.6 Å². The van der Waals surface area contributed by atoms with Crippen molar-refractivity contribution in [3.63, 3.8) is 0 Å². The first kappa shape index (κ1) is 14.1. The smallest absolute Gasteiger partial charge is 0.123 e. The van der Waals surface area contributed by atoms with E-state index < -0.39 is 0 Å². The maximum Gasteiger partial charge on any atom is 0.123 e. The molecule has 17 heavy (non-hydrogen) atoms. The summed E-state index contributed by atoms with van der Waals surface area (Å²) in [7, 11) is 1.99. The van der Waals surface area contributed by atoms with E-state index in [9.17, 15) is 4.39 Å². The van der Waals surface area contributed by atoms with Gasteiger partial charge in [-0.15, -0.1) is 0 Å². The lowest BCUT2D eigenvalue weighted by Gasteiger charge is -2.15. The Hall–Kier alpha value is -0.930. The van der Waals surface area contributed by atoms with Crippen molar-refractivity contribution in [1.82, 2.24) is 10.6 Å². The van der Waals surface area contributed by atoms with Gasteiger partial charge in [-0.05, 0) is 56.7 Å². The molecule has 0 aromatic heterocycles. The Balaban J connectivity index is 2.17. The zero-order chi connectivity index (χ0) is 12.5. The molecule has 0 heterocycles. The minimum Gasteiger partial charge on any atom is -0.319 e. The maximum atomic E-state index is 12.7. The van der Waals surface area contributed by atoms with Crippen LogP contribution in [0.3, 0.4) is 0 Å². The molecular formula is C14H23FN2. The largest absolute Gasteiger partial charge is 0.319 e. The van der Waals surface area contributed by atoms with Crippen LogP contribution in [0.5, 0.6) is 0 Å². The lowest BCUT2D eigenvalue weighted by atomic mass is 10.1. The zero-order valence-corrected chi connectivity index (χ0v) is 10.8. The summed E-state index contributed by atoms with van der Waals surface area (Å²) in [6.45, 7) is 5.26. The average Bonchev–Trinajstić information content (AvgIpc) is 2.35. The summed E-state index contributed by atoms with van der Waals surface area (Å²) < 4.78 is 12.7. The topological polar surface area (TPSA) is 24.1 Å². The van der Waals surface area contributed by atoms with Crippen LogP contribution in [0, 0.1) is 11.7 Å². The second kappa shape index (κ2) is 8.20. The van der Waals surface area contributed by atoms with Gasteiger partial charge in [-0.2, -0.15) is 0 Å². The summed E-state index contributed by atoms with van der Waals surface area (Å²) >= 11 is 0. The molecule has 0 saturated carbocycles. The van der Waals surface area contributed by atoms with Gasteiger partial charge < -0.3 is 10.6 Å². The molecule has 0 aliphatic rings. The predicted octanol–water partition coefficient (Wildman–Crippen LogP) is 2.20. The first-order valence-corrected chi connectivity index (χ1v) is 6.36. The van der Waals surface area contributed by atoms with Crippen molar-refractivity contribution in [3.05, 3.63) is 35.6 Å². The monoisotopic (exact) mass is 238 g/mol.